The van der Waals surface area contributed by atoms with Gasteiger partial charge in [-0.2, -0.15) is 13.2 Å². The van der Waals surface area contributed by atoms with Crippen LogP contribution in [-0.2, 0) is 6.18 Å². The second-order valence-electron chi connectivity index (χ2n) is 5.69. The number of nitrogens with zero attached hydrogens (tertiary/aromatic N) is 2. The molecule has 2 rings (SSSR count). The van der Waals surface area contributed by atoms with Crippen molar-refractivity contribution < 1.29 is 23.0 Å². The number of aromatic nitrogens is 1. The Morgan fingerprint density at radius 1 is 1.19 bits per heavy atom. The van der Waals surface area contributed by atoms with E-state index in [1.54, 1.807) is 31.2 Å². The van der Waals surface area contributed by atoms with E-state index in [2.05, 4.69) is 23.1 Å². The Bertz CT molecular complexity index is 857. The van der Waals surface area contributed by atoms with Gasteiger partial charge in [0.05, 0.1) is 11.3 Å². The van der Waals surface area contributed by atoms with E-state index in [0.717, 1.165) is 12.1 Å². The molecule has 0 aliphatic rings. The zero-order chi connectivity index (χ0) is 20.2. The summed E-state index contributed by atoms with van der Waals surface area (Å²) in [5, 5.41) is 9.77. The summed E-state index contributed by atoms with van der Waals surface area (Å²) in [7, 11) is 0. The van der Waals surface area contributed by atoms with Gasteiger partial charge in [0.2, 0.25) is 5.88 Å². The fourth-order valence-electron chi connectivity index (χ4n) is 2.05. The van der Waals surface area contributed by atoms with Gasteiger partial charge in [0, 0.05) is 23.7 Å². The van der Waals surface area contributed by atoms with Crippen molar-refractivity contribution in [3.8, 4) is 11.6 Å². The van der Waals surface area contributed by atoms with Crippen LogP contribution < -0.4 is 10.5 Å². The van der Waals surface area contributed by atoms with E-state index >= 15 is 0 Å². The van der Waals surface area contributed by atoms with Crippen molar-refractivity contribution in [2.45, 2.75) is 19.2 Å². The largest absolute Gasteiger partial charge is 0.439 e. The molecular formula is C19H18F3N3O2. The molecule has 2 aromatic rings. The Morgan fingerprint density at radius 2 is 1.81 bits per heavy atom. The van der Waals surface area contributed by atoms with Crippen molar-refractivity contribution in [2.75, 3.05) is 0 Å². The third-order valence-electron chi connectivity index (χ3n) is 3.53. The topological polar surface area (TPSA) is 80.7 Å². The first-order valence-corrected chi connectivity index (χ1v) is 7.76. The molecule has 1 heterocycles. The highest BCUT2D eigenvalue weighted by molar-refractivity contribution is 5.92. The molecule has 0 amide bonds. The molecule has 1 aromatic carbocycles. The summed E-state index contributed by atoms with van der Waals surface area (Å²) in [5.41, 5.74) is 6.08. The molecule has 0 aliphatic heterocycles. The number of benzene rings is 1. The zero-order valence-corrected chi connectivity index (χ0v) is 14.5. The maximum Gasteiger partial charge on any atom is 0.417 e. The molecule has 27 heavy (non-hydrogen) atoms. The summed E-state index contributed by atoms with van der Waals surface area (Å²) < 4.78 is 43.0. The highest BCUT2D eigenvalue weighted by Crippen LogP contribution is 2.30. The van der Waals surface area contributed by atoms with E-state index < -0.39 is 17.8 Å². The quantitative estimate of drug-likeness (QED) is 0.741. The predicted octanol–water partition coefficient (Wildman–Crippen LogP) is 4.16. The lowest BCUT2D eigenvalue weighted by atomic mass is 10.1. The Kier molecular flexibility index (Phi) is 6.02. The first-order valence-electron chi connectivity index (χ1n) is 7.76. The first-order chi connectivity index (χ1) is 12.6. The number of ether oxygens (including phenoxy) is 1. The standard InChI is InChI=1S/C19H18F3N3O2/c1-11(23)18(26)13(3)25-12(2)14-4-7-16(8-5-14)27-17-9-6-15(10-24-17)19(20,21)22/h4-10,18,26H,1-2,23H2,3H3/b25-13+/t18-/m1/s1. The minimum absolute atomic E-state index is 0.0352. The van der Waals surface area contributed by atoms with Gasteiger partial charge in [-0.25, -0.2) is 4.98 Å². The van der Waals surface area contributed by atoms with Crippen LogP contribution in [0, 0.1) is 0 Å². The molecule has 8 heteroatoms. The normalized spacial score (nSPS) is 13.1. The molecule has 1 atom stereocenters. The van der Waals surface area contributed by atoms with Crippen molar-refractivity contribution >= 4 is 11.4 Å². The predicted molar refractivity (Wildman–Crippen MR) is 97.2 cm³/mol. The van der Waals surface area contributed by atoms with Crippen molar-refractivity contribution in [3.05, 3.63) is 72.6 Å². The van der Waals surface area contributed by atoms with Gasteiger partial charge in [-0.15, -0.1) is 0 Å². The lowest BCUT2D eigenvalue weighted by Crippen LogP contribution is -2.24. The van der Waals surface area contributed by atoms with Crippen molar-refractivity contribution in [2.24, 2.45) is 10.7 Å². The smallest absolute Gasteiger partial charge is 0.417 e. The molecule has 0 radical (unpaired) electrons. The number of alkyl halides is 3. The van der Waals surface area contributed by atoms with Crippen LogP contribution in [0.1, 0.15) is 18.1 Å². The summed E-state index contributed by atoms with van der Waals surface area (Å²) in [6.07, 6.45) is -4.80. The average molecular weight is 377 g/mol. The van der Waals surface area contributed by atoms with Crippen LogP contribution in [0.5, 0.6) is 11.6 Å². The fraction of sp³-hybridized carbons (Fsp3) is 0.158. The number of pyridine rings is 1. The Labute approximate surface area is 154 Å². The Morgan fingerprint density at radius 3 is 2.30 bits per heavy atom. The van der Waals surface area contributed by atoms with Gasteiger partial charge in [0.25, 0.3) is 0 Å². The number of hydrogen-bond donors (Lipinski definition) is 2. The highest BCUT2D eigenvalue weighted by Gasteiger charge is 2.30. The van der Waals surface area contributed by atoms with Crippen LogP contribution in [0.25, 0.3) is 5.70 Å². The van der Waals surface area contributed by atoms with E-state index in [0.29, 0.717) is 28.9 Å². The molecule has 0 bridgehead atoms. The molecule has 0 saturated heterocycles. The summed E-state index contributed by atoms with van der Waals surface area (Å²) >= 11 is 0. The van der Waals surface area contributed by atoms with Crippen molar-refractivity contribution in [1.82, 2.24) is 4.98 Å². The monoisotopic (exact) mass is 377 g/mol. The van der Waals surface area contributed by atoms with Gasteiger partial charge in [0.1, 0.15) is 11.9 Å². The van der Waals surface area contributed by atoms with Crippen LogP contribution in [0.4, 0.5) is 13.2 Å². The average Bonchev–Trinajstić information content (AvgIpc) is 2.61. The minimum Gasteiger partial charge on any atom is -0.439 e. The van der Waals surface area contributed by atoms with E-state index in [-0.39, 0.29) is 11.6 Å². The van der Waals surface area contributed by atoms with Crippen LogP contribution in [0.2, 0.25) is 0 Å². The number of hydrogen-bond acceptors (Lipinski definition) is 5. The maximum atomic E-state index is 12.5. The third kappa shape index (κ3) is 5.42. The van der Waals surface area contributed by atoms with Crippen molar-refractivity contribution in [3.63, 3.8) is 0 Å². The van der Waals surface area contributed by atoms with Crippen LogP contribution in [0.15, 0.2) is 66.4 Å². The number of aliphatic hydroxyl groups is 1. The summed E-state index contributed by atoms with van der Waals surface area (Å²) in [4.78, 5) is 7.83. The Hall–Kier alpha value is -3.13. The van der Waals surface area contributed by atoms with Gasteiger partial charge < -0.3 is 15.6 Å². The third-order valence-corrected chi connectivity index (χ3v) is 3.53. The molecule has 0 unspecified atom stereocenters. The van der Waals surface area contributed by atoms with Crippen LogP contribution in [-0.4, -0.2) is 21.9 Å². The minimum atomic E-state index is -4.45. The van der Waals surface area contributed by atoms with E-state index in [1.165, 1.54) is 0 Å². The van der Waals surface area contributed by atoms with Gasteiger partial charge >= 0.3 is 6.18 Å². The molecule has 5 nitrogen and oxygen atoms in total. The molecule has 0 spiro atoms. The molecule has 0 fully saturated rings. The molecule has 3 N–H and O–H groups in total. The maximum absolute atomic E-state index is 12.5. The summed E-state index contributed by atoms with van der Waals surface area (Å²) in [6, 6.07) is 8.58. The summed E-state index contributed by atoms with van der Waals surface area (Å²) in [6.45, 7) is 8.88. The van der Waals surface area contributed by atoms with E-state index in [1.807, 2.05) is 0 Å². The van der Waals surface area contributed by atoms with Crippen molar-refractivity contribution in [1.29, 1.82) is 0 Å². The lowest BCUT2D eigenvalue weighted by molar-refractivity contribution is -0.137. The summed E-state index contributed by atoms with van der Waals surface area (Å²) in [5.74, 6) is 0.419. The number of aliphatic hydroxyl groups excluding tert-OH is 1. The highest BCUT2D eigenvalue weighted by atomic mass is 19.4. The molecular weight excluding hydrogens is 359 g/mol. The second kappa shape index (κ2) is 8.05. The van der Waals surface area contributed by atoms with Gasteiger partial charge in [0.15, 0.2) is 0 Å². The van der Waals surface area contributed by atoms with Gasteiger partial charge in [-0.05, 0) is 42.8 Å². The fourth-order valence-corrected chi connectivity index (χ4v) is 2.05. The SMILES string of the molecule is C=C(/N=C(\C)[C@H](O)C(=C)N)c1ccc(Oc2ccc(C(F)(F)F)cn2)cc1. The van der Waals surface area contributed by atoms with Crippen LogP contribution >= 0.6 is 0 Å². The van der Waals surface area contributed by atoms with Gasteiger partial charge in [-0.3, -0.25) is 4.99 Å². The van der Waals surface area contributed by atoms with E-state index in [4.69, 9.17) is 10.5 Å². The van der Waals surface area contributed by atoms with Gasteiger partial charge in [-0.1, -0.05) is 13.2 Å². The number of nitrogens with two attached hydrogens (primary N) is 1. The number of rotatable bonds is 6. The molecule has 1 aromatic heterocycles. The number of aliphatic imine (C=N–C) groups is 1. The number of halogens is 3. The molecule has 0 aliphatic carbocycles. The van der Waals surface area contributed by atoms with E-state index in [9.17, 15) is 18.3 Å². The first kappa shape index (κ1) is 20.2. The van der Waals surface area contributed by atoms with Crippen LogP contribution in [0.3, 0.4) is 0 Å². The lowest BCUT2D eigenvalue weighted by Gasteiger charge is -2.11. The molecule has 0 saturated carbocycles. The second-order valence-corrected chi connectivity index (χ2v) is 5.69. The molecule has 142 valence electrons. The zero-order valence-electron chi connectivity index (χ0n) is 14.5. The Balaban J connectivity index is 2.08.